The summed E-state index contributed by atoms with van der Waals surface area (Å²) < 4.78 is 35.1. The maximum atomic E-state index is 15.1. The number of halogens is 1. The van der Waals surface area contributed by atoms with Crippen LogP contribution in [0.5, 0.6) is 11.5 Å². The van der Waals surface area contributed by atoms with E-state index >= 15 is 4.79 Å². The average Bonchev–Trinajstić information content (AvgIpc) is 3.39. The fourth-order valence-corrected chi connectivity index (χ4v) is 11.7. The minimum Gasteiger partial charge on any atom is -0.459 e. The van der Waals surface area contributed by atoms with Gasteiger partial charge in [0.15, 0.2) is 0 Å². The molecule has 0 radical (unpaired) electrons. The fraction of sp³-hybridized carbons (Fsp3) is 0.689. The van der Waals surface area contributed by atoms with E-state index in [1.165, 1.54) is 89.2 Å². The summed E-state index contributed by atoms with van der Waals surface area (Å²) in [7, 11) is 0. The van der Waals surface area contributed by atoms with Crippen molar-refractivity contribution >= 4 is 17.7 Å². The van der Waals surface area contributed by atoms with Gasteiger partial charge >= 0.3 is 6.09 Å². The molecule has 73 heavy (non-hydrogen) atoms. The second-order valence-corrected chi connectivity index (χ2v) is 20.9. The first-order valence-corrected chi connectivity index (χ1v) is 28.9. The van der Waals surface area contributed by atoms with Gasteiger partial charge in [-0.2, -0.15) is 0 Å². The highest BCUT2D eigenvalue weighted by Gasteiger charge is 2.65. The van der Waals surface area contributed by atoms with E-state index in [1.807, 2.05) is 24.0 Å². The number of amides is 2. The molecule has 0 aromatic heterocycles. The van der Waals surface area contributed by atoms with Crippen molar-refractivity contribution in [1.29, 1.82) is 0 Å². The van der Waals surface area contributed by atoms with E-state index in [0.717, 1.165) is 87.3 Å². The number of carbonyl (C=O) groups excluding carboxylic acids is 2. The van der Waals surface area contributed by atoms with Crippen molar-refractivity contribution in [2.24, 2.45) is 22.9 Å². The van der Waals surface area contributed by atoms with Gasteiger partial charge in [-0.1, -0.05) is 165 Å². The largest absolute Gasteiger partial charge is 0.459 e. The SMILES string of the molecule is C=CCO[C@@]12Oc3ccc(OC(=O)NCCCCCCCCCCCC)cc3[C@H]3[C@H](CCCCO)[C@@H](CCCCO)C=C(C(=NOCC)C[C@@H]1N(Cc1ccc(F)cc1)C(=O)CCCCCCCCCCC)[C@H]32. The third kappa shape index (κ3) is 18.2. The first-order valence-electron chi connectivity index (χ1n) is 28.9. The van der Waals surface area contributed by atoms with Crippen LogP contribution in [0.2, 0.25) is 0 Å². The summed E-state index contributed by atoms with van der Waals surface area (Å²) in [5.74, 6) is -1.61. The summed E-state index contributed by atoms with van der Waals surface area (Å²) in [6.07, 6.45) is 30.8. The standard InChI is InChI=1S/C61H94FN3O8/c1-5-9-11-13-15-17-19-21-23-27-39-63-60(69)72-50-37-38-55-53(44-50)58-51(31-26-29-41-67)48(30-25-28-40-66)43-52-54(64-71-8-4)45-56(61(73-55,59(52)58)70-42-7-3)65(46-47-33-35-49(62)36-34-47)57(68)32-24-22-20-18-16-14-12-10-6-2/h7,33-38,43-44,48,51,56,58-59,66-67H,3,5-6,8-32,39-42,45-46H2,1-2,4H3,(H,63,69)/t48-,51+,56-,58+,59+,61+/m0/s1. The van der Waals surface area contributed by atoms with E-state index in [0.29, 0.717) is 49.6 Å². The number of ether oxygens (including phenoxy) is 3. The Balaban J connectivity index is 1.54. The quantitative estimate of drug-likeness (QED) is 0.0343. The number of oxime groups is 1. The molecule has 3 N–H and O–H groups in total. The van der Waals surface area contributed by atoms with Crippen LogP contribution in [0.15, 0.2) is 71.9 Å². The molecule has 2 aromatic carbocycles. The van der Waals surface area contributed by atoms with Crippen LogP contribution in [0.3, 0.4) is 0 Å². The van der Waals surface area contributed by atoms with Gasteiger partial charge in [0, 0.05) is 50.6 Å². The summed E-state index contributed by atoms with van der Waals surface area (Å²) in [6.45, 7) is 11.8. The molecule has 2 amide bonds. The van der Waals surface area contributed by atoms with Gasteiger partial charge in [0.05, 0.1) is 18.2 Å². The highest BCUT2D eigenvalue weighted by molar-refractivity contribution is 6.03. The Morgan fingerprint density at radius 3 is 2.04 bits per heavy atom. The minimum atomic E-state index is -1.45. The maximum Gasteiger partial charge on any atom is 0.412 e. The molecule has 0 spiro atoms. The molecule has 11 nitrogen and oxygen atoms in total. The molecule has 1 fully saturated rings. The zero-order valence-electron chi connectivity index (χ0n) is 45.2. The average molecular weight is 1020 g/mol. The third-order valence-corrected chi connectivity index (χ3v) is 15.4. The van der Waals surface area contributed by atoms with Gasteiger partial charge < -0.3 is 39.5 Å². The molecule has 1 saturated carbocycles. The number of allylic oxidation sites excluding steroid dienone is 1. The van der Waals surface area contributed by atoms with Crippen LogP contribution in [-0.2, 0) is 20.9 Å². The Hall–Kier alpha value is -4.26. The fourth-order valence-electron chi connectivity index (χ4n) is 11.7. The highest BCUT2D eigenvalue weighted by Crippen LogP contribution is 2.62. The predicted octanol–water partition coefficient (Wildman–Crippen LogP) is 14.4. The lowest BCUT2D eigenvalue weighted by Gasteiger charge is -2.60. The Morgan fingerprint density at radius 2 is 1.42 bits per heavy atom. The van der Waals surface area contributed by atoms with E-state index in [-0.39, 0.29) is 62.3 Å². The van der Waals surface area contributed by atoms with Gasteiger partial charge in [-0.25, -0.2) is 9.18 Å². The van der Waals surface area contributed by atoms with Gasteiger partial charge in [0.25, 0.3) is 0 Å². The van der Waals surface area contributed by atoms with Crippen molar-refractivity contribution in [1.82, 2.24) is 10.2 Å². The molecule has 0 saturated heterocycles. The molecule has 2 aromatic rings. The van der Waals surface area contributed by atoms with Crippen molar-refractivity contribution in [3.8, 4) is 11.5 Å². The number of unbranched alkanes of at least 4 members (excludes halogenated alkanes) is 19. The molecule has 1 aliphatic heterocycles. The number of aliphatic hydroxyl groups is 2. The number of rotatable bonds is 38. The van der Waals surface area contributed by atoms with Crippen molar-refractivity contribution in [3.05, 3.63) is 83.7 Å². The topological polar surface area (TPSA) is 139 Å². The molecular formula is C61H94FN3O8. The minimum absolute atomic E-state index is 0.00378. The van der Waals surface area contributed by atoms with Gasteiger partial charge in [-0.3, -0.25) is 4.79 Å². The highest BCUT2D eigenvalue weighted by atomic mass is 19.1. The summed E-state index contributed by atoms with van der Waals surface area (Å²) in [5.41, 5.74) is 3.30. The first-order chi connectivity index (χ1) is 35.7. The van der Waals surface area contributed by atoms with Gasteiger partial charge in [-0.15, -0.1) is 6.58 Å². The number of hydrogen-bond donors (Lipinski definition) is 3. The molecule has 2 aliphatic carbocycles. The summed E-state index contributed by atoms with van der Waals surface area (Å²) in [6, 6.07) is 11.2. The van der Waals surface area contributed by atoms with Crippen LogP contribution in [0.25, 0.3) is 0 Å². The Kier molecular flexibility index (Phi) is 27.5. The maximum absolute atomic E-state index is 15.1. The molecule has 0 bridgehead atoms. The lowest BCUT2D eigenvalue weighted by atomic mass is 9.55. The number of nitrogens with one attached hydrogen (secondary N) is 1. The van der Waals surface area contributed by atoms with E-state index in [2.05, 4.69) is 31.8 Å². The number of aliphatic hydroxyl groups excluding tert-OH is 2. The van der Waals surface area contributed by atoms with Crippen molar-refractivity contribution in [2.75, 3.05) is 33.0 Å². The Bertz CT molecular complexity index is 1980. The third-order valence-electron chi connectivity index (χ3n) is 15.4. The molecule has 1 heterocycles. The summed E-state index contributed by atoms with van der Waals surface area (Å²) in [5, 5.41) is 27.9. The lowest BCUT2D eigenvalue weighted by Crippen LogP contribution is -2.70. The number of benzene rings is 2. The second-order valence-electron chi connectivity index (χ2n) is 20.9. The van der Waals surface area contributed by atoms with Crippen molar-refractivity contribution in [3.63, 3.8) is 0 Å². The number of fused-ring (bicyclic) bond motifs is 2. The van der Waals surface area contributed by atoms with E-state index in [1.54, 1.807) is 24.3 Å². The summed E-state index contributed by atoms with van der Waals surface area (Å²) in [4.78, 5) is 36.4. The molecule has 5 rings (SSSR count). The zero-order valence-corrected chi connectivity index (χ0v) is 45.2. The van der Waals surface area contributed by atoms with Gasteiger partial charge in [-0.05, 0) is 98.8 Å². The van der Waals surface area contributed by atoms with E-state index < -0.39 is 23.8 Å². The van der Waals surface area contributed by atoms with E-state index in [9.17, 15) is 19.4 Å². The zero-order chi connectivity index (χ0) is 52.1. The number of hydrogen-bond acceptors (Lipinski definition) is 9. The lowest BCUT2D eigenvalue weighted by molar-refractivity contribution is -0.258. The molecule has 0 unspecified atom stereocenters. The molecule has 408 valence electrons. The van der Waals surface area contributed by atoms with Gasteiger partial charge in [0.2, 0.25) is 11.7 Å². The Morgan fingerprint density at radius 1 is 0.808 bits per heavy atom. The monoisotopic (exact) mass is 1020 g/mol. The smallest absolute Gasteiger partial charge is 0.412 e. The number of nitrogens with zero attached hydrogens (tertiary/aromatic N) is 2. The van der Waals surface area contributed by atoms with Crippen LogP contribution < -0.4 is 14.8 Å². The van der Waals surface area contributed by atoms with Crippen molar-refractivity contribution < 1.29 is 43.2 Å². The number of carbonyl (C=O) groups is 2. The molecule has 3 aliphatic rings. The van der Waals surface area contributed by atoms with Crippen molar-refractivity contribution in [2.45, 2.75) is 218 Å². The molecule has 6 atom stereocenters. The van der Waals surface area contributed by atoms with E-state index in [4.69, 9.17) is 24.2 Å². The van der Waals surface area contributed by atoms with Crippen LogP contribution in [0.1, 0.15) is 211 Å². The molecule has 12 heteroatoms. The normalized spacial score (nSPS) is 21.4. The van der Waals surface area contributed by atoms with Crippen LogP contribution in [0, 0.1) is 23.6 Å². The van der Waals surface area contributed by atoms with Gasteiger partial charge in [0.1, 0.15) is 30.0 Å². The first kappa shape index (κ1) is 59.6. The summed E-state index contributed by atoms with van der Waals surface area (Å²) >= 11 is 0. The van der Waals surface area contributed by atoms with Crippen LogP contribution >= 0.6 is 0 Å². The van der Waals surface area contributed by atoms with Crippen LogP contribution in [-0.4, -0.2) is 77.6 Å². The second kappa shape index (κ2) is 33.6. The molecular weight excluding hydrogens is 922 g/mol. The predicted molar refractivity (Wildman–Crippen MR) is 291 cm³/mol. The Labute approximate surface area is 439 Å². The van der Waals surface area contributed by atoms with Crippen LogP contribution in [0.4, 0.5) is 9.18 Å².